The highest BCUT2D eigenvalue weighted by molar-refractivity contribution is 7.83. The first-order valence-corrected chi connectivity index (χ1v) is 11.0. The minimum Gasteiger partial charge on any atom is -0.497 e. The highest BCUT2D eigenvalue weighted by Crippen LogP contribution is 2.28. The van der Waals surface area contributed by atoms with Gasteiger partial charge in [0.2, 0.25) is 0 Å². The SMILES string of the molecule is COc1ccc(C)cc1.NC/C(N)=C/N(N)CC(=O)NO.Sc1ccc(-c2cccnc2)s1. The summed E-state index contributed by atoms with van der Waals surface area (Å²) in [6.07, 6.45) is 4.95. The number of aryl methyl sites for hydroxylation is 1. The number of benzene rings is 1. The summed E-state index contributed by atoms with van der Waals surface area (Å²) in [6, 6.07) is 16.0. The van der Waals surface area contributed by atoms with E-state index in [0.717, 1.165) is 20.5 Å². The number of thiol groups is 1. The number of aromatic nitrogens is 1. The number of hydrazine groups is 1. The average Bonchev–Trinajstić information content (AvgIpc) is 3.27. The van der Waals surface area contributed by atoms with E-state index in [9.17, 15) is 4.79 Å². The molecule has 0 saturated heterocycles. The Balaban J connectivity index is 0.000000250. The minimum absolute atomic E-state index is 0.161. The van der Waals surface area contributed by atoms with Gasteiger partial charge in [-0.15, -0.1) is 24.0 Å². The van der Waals surface area contributed by atoms with Crippen LogP contribution in [0, 0.1) is 6.92 Å². The Labute approximate surface area is 203 Å². The van der Waals surface area contributed by atoms with Gasteiger partial charge in [0, 0.05) is 41.3 Å². The van der Waals surface area contributed by atoms with Crippen LogP contribution in [0.2, 0.25) is 0 Å². The fourth-order valence-electron chi connectivity index (χ4n) is 2.18. The molecule has 3 rings (SSSR count). The van der Waals surface area contributed by atoms with E-state index in [1.165, 1.54) is 22.1 Å². The molecule has 33 heavy (non-hydrogen) atoms. The number of hydroxylamine groups is 1. The third kappa shape index (κ3) is 11.9. The number of nitrogens with one attached hydrogen (secondary N) is 1. The zero-order valence-electron chi connectivity index (χ0n) is 18.5. The Morgan fingerprint density at radius 1 is 1.27 bits per heavy atom. The summed E-state index contributed by atoms with van der Waals surface area (Å²) in [6.45, 7) is 2.03. The first-order chi connectivity index (χ1) is 15.8. The Hall–Kier alpha value is -3.09. The summed E-state index contributed by atoms with van der Waals surface area (Å²) in [4.78, 5) is 15.8. The predicted molar refractivity (Wildman–Crippen MR) is 135 cm³/mol. The third-order valence-electron chi connectivity index (χ3n) is 3.81. The van der Waals surface area contributed by atoms with E-state index in [1.54, 1.807) is 24.6 Å². The van der Waals surface area contributed by atoms with Crippen molar-refractivity contribution in [2.24, 2.45) is 17.3 Å². The van der Waals surface area contributed by atoms with Crippen LogP contribution in [0.25, 0.3) is 10.4 Å². The number of amides is 1. The monoisotopic (exact) mass is 490 g/mol. The Bertz CT molecular complexity index is 981. The van der Waals surface area contributed by atoms with Gasteiger partial charge in [-0.3, -0.25) is 15.0 Å². The zero-order chi connectivity index (χ0) is 24.6. The lowest BCUT2D eigenvalue weighted by Crippen LogP contribution is -2.37. The zero-order valence-corrected chi connectivity index (χ0v) is 20.2. The second-order valence-electron chi connectivity index (χ2n) is 6.51. The number of thiophene rings is 1. The van der Waals surface area contributed by atoms with Gasteiger partial charge in [0.15, 0.2) is 0 Å². The molecule has 1 amide bonds. The van der Waals surface area contributed by atoms with Crippen LogP contribution in [0.3, 0.4) is 0 Å². The molecule has 0 bridgehead atoms. The van der Waals surface area contributed by atoms with Crippen LogP contribution in [0.1, 0.15) is 5.56 Å². The summed E-state index contributed by atoms with van der Waals surface area (Å²) in [5, 5.41) is 9.14. The van der Waals surface area contributed by atoms with Crippen molar-refractivity contribution in [3.8, 4) is 16.2 Å². The van der Waals surface area contributed by atoms with Crippen LogP contribution in [0.5, 0.6) is 5.75 Å². The van der Waals surface area contributed by atoms with Gasteiger partial charge >= 0.3 is 0 Å². The van der Waals surface area contributed by atoms with Crippen LogP contribution in [0.4, 0.5) is 0 Å². The molecule has 3 aromatic rings. The van der Waals surface area contributed by atoms with Crippen molar-refractivity contribution in [2.45, 2.75) is 11.1 Å². The third-order valence-corrected chi connectivity index (χ3v) is 5.17. The Morgan fingerprint density at radius 3 is 2.45 bits per heavy atom. The lowest BCUT2D eigenvalue weighted by Gasteiger charge is -2.12. The number of pyridine rings is 1. The maximum atomic E-state index is 10.5. The van der Waals surface area contributed by atoms with Gasteiger partial charge in [-0.25, -0.2) is 11.3 Å². The van der Waals surface area contributed by atoms with Gasteiger partial charge in [-0.2, -0.15) is 0 Å². The van der Waals surface area contributed by atoms with Crippen LogP contribution in [-0.4, -0.2) is 41.3 Å². The molecule has 0 aliphatic carbocycles. The minimum atomic E-state index is -0.626. The van der Waals surface area contributed by atoms with E-state index < -0.39 is 5.91 Å². The van der Waals surface area contributed by atoms with Gasteiger partial charge in [-0.1, -0.05) is 23.8 Å². The molecule has 2 aromatic heterocycles. The fraction of sp³-hybridized carbons (Fsp3) is 0.182. The van der Waals surface area contributed by atoms with Gasteiger partial charge in [0.1, 0.15) is 12.3 Å². The first kappa shape index (κ1) is 27.9. The van der Waals surface area contributed by atoms with Gasteiger partial charge in [-0.05, 0) is 37.3 Å². The van der Waals surface area contributed by atoms with Crippen LogP contribution in [-0.2, 0) is 4.79 Å². The van der Waals surface area contributed by atoms with E-state index in [0.29, 0.717) is 5.70 Å². The fourth-order valence-corrected chi connectivity index (χ4v) is 3.28. The summed E-state index contributed by atoms with van der Waals surface area (Å²) in [5.41, 5.74) is 14.7. The van der Waals surface area contributed by atoms with E-state index in [1.807, 2.05) is 48.7 Å². The number of nitrogens with two attached hydrogens (primary N) is 3. The van der Waals surface area contributed by atoms with E-state index in [-0.39, 0.29) is 13.1 Å². The smallest absolute Gasteiger partial charge is 0.264 e. The standard InChI is InChI=1S/C9H7NS2.C8H10O.C5H13N5O2/c11-9-4-3-8(12-9)7-2-1-5-10-6-7;1-7-3-5-8(9-2)6-4-7;6-1-4(7)2-10(8)3-5(11)9-12/h1-6,11H;3-6H,1-2H3;2,12H,1,3,6-8H2,(H,9,11)/b;;4-2-. The van der Waals surface area contributed by atoms with Crippen molar-refractivity contribution in [1.29, 1.82) is 0 Å². The molecule has 0 fully saturated rings. The molecule has 0 radical (unpaired) electrons. The number of hydrogen-bond acceptors (Lipinski definition) is 10. The molecule has 0 unspecified atom stereocenters. The molecule has 0 aliphatic rings. The number of ether oxygens (including phenoxy) is 1. The lowest BCUT2D eigenvalue weighted by molar-refractivity contribution is -0.129. The molecule has 9 nitrogen and oxygen atoms in total. The second kappa shape index (κ2) is 15.7. The highest BCUT2D eigenvalue weighted by Gasteiger charge is 2.02. The lowest BCUT2D eigenvalue weighted by atomic mass is 10.2. The van der Waals surface area contributed by atoms with Crippen molar-refractivity contribution in [3.05, 3.63) is 78.4 Å². The number of hydrogen-bond donors (Lipinski definition) is 6. The van der Waals surface area contributed by atoms with Gasteiger partial charge < -0.3 is 21.2 Å². The topological polar surface area (TPSA) is 153 Å². The first-order valence-electron chi connectivity index (χ1n) is 9.69. The molecule has 1 aromatic carbocycles. The molecule has 11 heteroatoms. The number of carbonyl (C=O) groups is 1. The number of methoxy groups -OCH3 is 1. The Kier molecular flexibility index (Phi) is 13.3. The molecule has 0 atom stereocenters. The Morgan fingerprint density at radius 2 is 1.97 bits per heavy atom. The summed E-state index contributed by atoms with van der Waals surface area (Å²) >= 11 is 5.92. The van der Waals surface area contributed by atoms with Crippen molar-refractivity contribution in [1.82, 2.24) is 15.5 Å². The summed E-state index contributed by atoms with van der Waals surface area (Å²) in [5.74, 6) is 5.57. The van der Waals surface area contributed by atoms with Crippen LogP contribution >= 0.6 is 24.0 Å². The number of carbonyl (C=O) groups excluding carboxylic acids is 1. The summed E-state index contributed by atoms with van der Waals surface area (Å²) < 4.78 is 6.01. The molecule has 0 saturated carbocycles. The van der Waals surface area contributed by atoms with Gasteiger partial charge in [0.05, 0.1) is 11.3 Å². The number of nitrogens with zero attached hydrogens (tertiary/aromatic N) is 2. The van der Waals surface area contributed by atoms with Crippen molar-refractivity contribution >= 4 is 29.9 Å². The van der Waals surface area contributed by atoms with Crippen molar-refractivity contribution < 1.29 is 14.7 Å². The molecule has 0 spiro atoms. The molecule has 8 N–H and O–H groups in total. The van der Waals surface area contributed by atoms with Crippen molar-refractivity contribution in [2.75, 3.05) is 20.2 Å². The van der Waals surface area contributed by atoms with Crippen molar-refractivity contribution in [3.63, 3.8) is 0 Å². The second-order valence-corrected chi connectivity index (χ2v) is 8.38. The molecular weight excluding hydrogens is 460 g/mol. The largest absolute Gasteiger partial charge is 0.497 e. The molecular formula is C22H30N6O3S2. The maximum Gasteiger partial charge on any atom is 0.264 e. The quantitative estimate of drug-likeness (QED) is 0.133. The molecule has 0 aliphatic heterocycles. The summed E-state index contributed by atoms with van der Waals surface area (Å²) in [7, 11) is 1.67. The van der Waals surface area contributed by atoms with E-state index in [2.05, 4.69) is 30.6 Å². The highest BCUT2D eigenvalue weighted by atomic mass is 32.2. The van der Waals surface area contributed by atoms with Crippen LogP contribution < -0.4 is 27.5 Å². The van der Waals surface area contributed by atoms with E-state index in [4.69, 9.17) is 27.3 Å². The molecule has 178 valence electrons. The van der Waals surface area contributed by atoms with Crippen LogP contribution in [0.15, 0.2) is 77.0 Å². The average molecular weight is 491 g/mol. The molecule has 2 heterocycles. The number of rotatable bonds is 6. The van der Waals surface area contributed by atoms with Gasteiger partial charge in [0.25, 0.3) is 5.91 Å². The normalized spacial score (nSPS) is 10.2. The van der Waals surface area contributed by atoms with E-state index >= 15 is 0 Å². The predicted octanol–water partition coefficient (Wildman–Crippen LogP) is 2.53. The maximum absolute atomic E-state index is 10.5.